The minimum atomic E-state index is -1.12. The van der Waals surface area contributed by atoms with E-state index in [2.05, 4.69) is 20.8 Å². The van der Waals surface area contributed by atoms with Crippen molar-refractivity contribution in [2.45, 2.75) is 83.5 Å². The van der Waals surface area contributed by atoms with Gasteiger partial charge in [-0.15, -0.1) is 0 Å². The van der Waals surface area contributed by atoms with E-state index in [-0.39, 0.29) is 29.2 Å². The first-order valence-electron chi connectivity index (χ1n) is 13.2. The molecule has 1 heterocycles. The molecule has 0 spiro atoms. The number of ether oxygens (including phenoxy) is 2. The van der Waals surface area contributed by atoms with Gasteiger partial charge in [0.25, 0.3) is 0 Å². The minimum Gasteiger partial charge on any atom is -0.493 e. The third-order valence-electron chi connectivity index (χ3n) is 7.51. The highest BCUT2D eigenvalue weighted by Gasteiger charge is 2.44. The fraction of sp³-hybridized carbons (Fsp3) is 0.750. The molecule has 5 atom stereocenters. The van der Waals surface area contributed by atoms with Crippen molar-refractivity contribution in [1.29, 1.82) is 0 Å². The van der Waals surface area contributed by atoms with E-state index in [1.54, 1.807) is 7.11 Å². The maximum Gasteiger partial charge on any atom is 0.225 e. The van der Waals surface area contributed by atoms with Gasteiger partial charge >= 0.3 is 0 Å². The number of aliphatic hydroxyl groups excluding tert-OH is 1. The molecule has 7 nitrogen and oxygen atoms in total. The summed E-state index contributed by atoms with van der Waals surface area (Å²) in [5, 5.41) is 22.4. The van der Waals surface area contributed by atoms with E-state index in [1.807, 2.05) is 29.2 Å². The monoisotopic (exact) mass is 490 g/mol. The SMILES string of the molecule is COCCCC[C@](O)(c1ccccc1OCC(C)(C)C)C1CCCN(C(=O)[C@H]2C[C@@H](N)[C@@H](O)C2)C1. The molecule has 2 aliphatic rings. The van der Waals surface area contributed by atoms with Crippen molar-refractivity contribution in [2.24, 2.45) is 23.0 Å². The third kappa shape index (κ3) is 7.19. The summed E-state index contributed by atoms with van der Waals surface area (Å²) < 4.78 is 11.5. The number of aliphatic hydroxyl groups is 2. The van der Waals surface area contributed by atoms with Gasteiger partial charge in [0.1, 0.15) is 5.75 Å². The topological polar surface area (TPSA) is 105 Å². The van der Waals surface area contributed by atoms with E-state index in [4.69, 9.17) is 15.2 Å². The molecule has 0 bridgehead atoms. The number of hydrogen-bond acceptors (Lipinski definition) is 6. The van der Waals surface area contributed by atoms with E-state index in [9.17, 15) is 15.0 Å². The number of piperidine rings is 1. The Balaban J connectivity index is 1.84. The van der Waals surface area contributed by atoms with Gasteiger partial charge in [-0.1, -0.05) is 39.0 Å². The first-order valence-corrected chi connectivity index (χ1v) is 13.2. The molecule has 4 N–H and O–H groups in total. The third-order valence-corrected chi connectivity index (χ3v) is 7.51. The van der Waals surface area contributed by atoms with Crippen LogP contribution in [-0.2, 0) is 15.1 Å². The highest BCUT2D eigenvalue weighted by Crippen LogP contribution is 2.44. The zero-order valence-corrected chi connectivity index (χ0v) is 22.0. The van der Waals surface area contributed by atoms with E-state index < -0.39 is 11.7 Å². The van der Waals surface area contributed by atoms with Crippen LogP contribution in [0.5, 0.6) is 5.75 Å². The van der Waals surface area contributed by atoms with Crippen molar-refractivity contribution in [3.05, 3.63) is 29.8 Å². The van der Waals surface area contributed by atoms with E-state index in [0.717, 1.165) is 31.2 Å². The van der Waals surface area contributed by atoms with Crippen LogP contribution in [0.25, 0.3) is 0 Å². The summed E-state index contributed by atoms with van der Waals surface area (Å²) in [4.78, 5) is 15.2. The first kappa shape index (κ1) is 27.9. The van der Waals surface area contributed by atoms with Crippen LogP contribution in [-0.4, -0.2) is 66.6 Å². The number of carbonyl (C=O) groups excluding carboxylic acids is 1. The Labute approximate surface area is 211 Å². The van der Waals surface area contributed by atoms with Crippen LogP contribution >= 0.6 is 0 Å². The van der Waals surface area contributed by atoms with E-state index in [0.29, 0.717) is 51.3 Å². The molecule has 1 unspecified atom stereocenters. The summed E-state index contributed by atoms with van der Waals surface area (Å²) in [5.74, 6) is 0.420. The molecule has 3 rings (SSSR count). The first-order chi connectivity index (χ1) is 16.5. The average molecular weight is 491 g/mol. The number of amides is 1. The Hall–Kier alpha value is -1.67. The second-order valence-electron chi connectivity index (χ2n) is 11.7. The summed E-state index contributed by atoms with van der Waals surface area (Å²) in [5.41, 5.74) is 5.66. The number of carbonyl (C=O) groups is 1. The predicted octanol–water partition coefficient (Wildman–Crippen LogP) is 3.45. The summed E-state index contributed by atoms with van der Waals surface area (Å²) in [6.07, 6.45) is 4.25. The second-order valence-corrected chi connectivity index (χ2v) is 11.7. The molecule has 1 aromatic rings. The van der Waals surface area contributed by atoms with Crippen LogP contribution in [0.15, 0.2) is 24.3 Å². The van der Waals surface area contributed by atoms with Gasteiger partial charge in [-0.3, -0.25) is 4.79 Å². The van der Waals surface area contributed by atoms with Crippen molar-refractivity contribution in [3.63, 3.8) is 0 Å². The molecule has 7 heteroatoms. The molecule has 0 aromatic heterocycles. The number of unbranched alkanes of at least 4 members (excludes halogenated alkanes) is 1. The molecule has 1 saturated carbocycles. The summed E-state index contributed by atoms with van der Waals surface area (Å²) in [6, 6.07) is 7.47. The quantitative estimate of drug-likeness (QED) is 0.434. The standard InChI is InChI=1S/C28H46N2O5/c1-27(2,3)19-35-25-12-6-5-11-22(25)28(33,13-7-8-15-34-4)21-10-9-14-30(18-21)26(32)20-16-23(29)24(31)17-20/h5-6,11-12,20-21,23-24,31,33H,7-10,13-19,29H2,1-4H3/t20-,21?,23+,24-,28+/m0/s1. The van der Waals surface area contributed by atoms with E-state index >= 15 is 0 Å². The molecule has 1 amide bonds. The zero-order valence-electron chi connectivity index (χ0n) is 22.0. The van der Waals surface area contributed by atoms with Crippen LogP contribution in [0.3, 0.4) is 0 Å². The maximum absolute atomic E-state index is 13.3. The fourth-order valence-electron chi connectivity index (χ4n) is 5.52. The van der Waals surface area contributed by atoms with Crippen LogP contribution in [0.1, 0.15) is 71.3 Å². The lowest BCUT2D eigenvalue weighted by Crippen LogP contribution is -2.49. The number of para-hydroxylation sites is 1. The average Bonchev–Trinajstić information content (AvgIpc) is 3.17. The van der Waals surface area contributed by atoms with Crippen LogP contribution in [0, 0.1) is 17.3 Å². The number of hydrogen-bond donors (Lipinski definition) is 3. The lowest BCUT2D eigenvalue weighted by molar-refractivity contribution is -0.141. The van der Waals surface area contributed by atoms with Crippen molar-refractivity contribution >= 4 is 5.91 Å². The van der Waals surface area contributed by atoms with Crippen molar-refractivity contribution < 1.29 is 24.5 Å². The van der Waals surface area contributed by atoms with Gasteiger partial charge in [0.2, 0.25) is 5.91 Å². The Morgan fingerprint density at radius 2 is 1.94 bits per heavy atom. The van der Waals surface area contributed by atoms with Gasteiger partial charge in [0, 0.05) is 50.2 Å². The Morgan fingerprint density at radius 3 is 2.60 bits per heavy atom. The smallest absolute Gasteiger partial charge is 0.225 e. The highest BCUT2D eigenvalue weighted by molar-refractivity contribution is 5.79. The Bertz CT molecular complexity index is 816. The molecule has 1 aliphatic carbocycles. The molecule has 1 aliphatic heterocycles. The van der Waals surface area contributed by atoms with Crippen LogP contribution in [0.4, 0.5) is 0 Å². The van der Waals surface area contributed by atoms with Crippen LogP contribution in [0.2, 0.25) is 0 Å². The van der Waals surface area contributed by atoms with Crippen molar-refractivity contribution in [2.75, 3.05) is 33.4 Å². The van der Waals surface area contributed by atoms with E-state index in [1.165, 1.54) is 0 Å². The van der Waals surface area contributed by atoms with Crippen LogP contribution < -0.4 is 10.5 Å². The lowest BCUT2D eigenvalue weighted by atomic mass is 9.73. The number of nitrogens with two attached hydrogens (primary N) is 1. The zero-order chi connectivity index (χ0) is 25.6. The fourth-order valence-corrected chi connectivity index (χ4v) is 5.52. The Morgan fingerprint density at radius 1 is 1.20 bits per heavy atom. The van der Waals surface area contributed by atoms with Gasteiger partial charge in [0.15, 0.2) is 0 Å². The summed E-state index contributed by atoms with van der Waals surface area (Å²) >= 11 is 0. The Kier molecular flexibility index (Phi) is 9.60. The molecule has 198 valence electrons. The van der Waals surface area contributed by atoms with Gasteiger partial charge in [-0.25, -0.2) is 0 Å². The maximum atomic E-state index is 13.3. The minimum absolute atomic E-state index is 0.00948. The largest absolute Gasteiger partial charge is 0.493 e. The van der Waals surface area contributed by atoms with Gasteiger partial charge in [0.05, 0.1) is 18.3 Å². The van der Waals surface area contributed by atoms with Gasteiger partial charge in [-0.05, 0) is 56.4 Å². The summed E-state index contributed by atoms with van der Waals surface area (Å²) in [6.45, 7) is 8.75. The normalized spacial score (nSPS) is 27.0. The lowest BCUT2D eigenvalue weighted by Gasteiger charge is -2.44. The van der Waals surface area contributed by atoms with Crippen molar-refractivity contribution in [1.82, 2.24) is 4.90 Å². The molecular weight excluding hydrogens is 444 g/mol. The molecule has 1 aromatic carbocycles. The number of nitrogens with zero attached hydrogens (tertiary/aromatic N) is 1. The second kappa shape index (κ2) is 12.0. The number of likely N-dealkylation sites (tertiary alicyclic amines) is 1. The number of methoxy groups -OCH3 is 1. The predicted molar refractivity (Wildman–Crippen MR) is 137 cm³/mol. The molecule has 2 fully saturated rings. The number of benzene rings is 1. The molecule has 0 radical (unpaired) electrons. The van der Waals surface area contributed by atoms with Crippen molar-refractivity contribution in [3.8, 4) is 5.75 Å². The molecule has 1 saturated heterocycles. The number of rotatable bonds is 10. The summed E-state index contributed by atoms with van der Waals surface area (Å²) in [7, 11) is 1.69. The van der Waals surface area contributed by atoms with Gasteiger partial charge in [-0.2, -0.15) is 0 Å². The highest BCUT2D eigenvalue weighted by atomic mass is 16.5. The molecule has 35 heavy (non-hydrogen) atoms. The van der Waals surface area contributed by atoms with Gasteiger partial charge < -0.3 is 30.3 Å². The molecular formula is C28H46N2O5.